The third-order valence-electron chi connectivity index (χ3n) is 3.70. The molecule has 1 aliphatic carbocycles. The second-order valence-electron chi connectivity index (χ2n) is 5.18. The van der Waals surface area contributed by atoms with Gasteiger partial charge >= 0.3 is 0 Å². The summed E-state index contributed by atoms with van der Waals surface area (Å²) >= 11 is 0. The lowest BCUT2D eigenvalue weighted by atomic mass is 9.73. The van der Waals surface area contributed by atoms with Gasteiger partial charge in [-0.1, -0.05) is 19.8 Å². The van der Waals surface area contributed by atoms with Crippen molar-refractivity contribution in [3.63, 3.8) is 0 Å². The smallest absolute Gasteiger partial charge is 0.0660 e. The second kappa shape index (κ2) is 5.13. The van der Waals surface area contributed by atoms with Crippen molar-refractivity contribution < 1.29 is 5.11 Å². The molecule has 1 rings (SSSR count). The van der Waals surface area contributed by atoms with E-state index in [-0.39, 0.29) is 0 Å². The standard InChI is InChI=1S/C12H25NO/c1-10-5-4-6-11(9-10)12(2,14)7-8-13-3/h10-11,13-14H,4-9H2,1-3H3. The maximum absolute atomic E-state index is 10.3. The van der Waals surface area contributed by atoms with Crippen LogP contribution in [0.5, 0.6) is 0 Å². The van der Waals surface area contributed by atoms with E-state index < -0.39 is 5.60 Å². The SMILES string of the molecule is CNCCC(C)(O)C1CCCC(C)C1. The molecule has 0 heterocycles. The molecule has 0 bridgehead atoms. The number of aliphatic hydroxyl groups is 1. The van der Waals surface area contributed by atoms with E-state index in [1.807, 2.05) is 14.0 Å². The molecule has 0 radical (unpaired) electrons. The molecule has 1 saturated carbocycles. The fourth-order valence-corrected chi connectivity index (χ4v) is 2.58. The molecule has 1 aliphatic rings. The van der Waals surface area contributed by atoms with Crippen LogP contribution in [0.2, 0.25) is 0 Å². The molecule has 1 fully saturated rings. The van der Waals surface area contributed by atoms with Crippen LogP contribution in [0.1, 0.15) is 46.0 Å². The van der Waals surface area contributed by atoms with Crippen molar-refractivity contribution in [2.45, 2.75) is 51.6 Å². The van der Waals surface area contributed by atoms with E-state index in [4.69, 9.17) is 0 Å². The van der Waals surface area contributed by atoms with Crippen LogP contribution in [0.4, 0.5) is 0 Å². The first kappa shape index (κ1) is 12.0. The molecule has 2 N–H and O–H groups in total. The highest BCUT2D eigenvalue weighted by Crippen LogP contribution is 2.36. The maximum Gasteiger partial charge on any atom is 0.0660 e. The Labute approximate surface area is 88.1 Å². The van der Waals surface area contributed by atoms with E-state index in [1.54, 1.807) is 0 Å². The molecule has 2 nitrogen and oxygen atoms in total. The van der Waals surface area contributed by atoms with Crippen LogP contribution in [0, 0.1) is 11.8 Å². The van der Waals surface area contributed by atoms with Crippen LogP contribution < -0.4 is 5.32 Å². The summed E-state index contributed by atoms with van der Waals surface area (Å²) in [6.07, 6.45) is 5.93. The Balaban J connectivity index is 2.43. The van der Waals surface area contributed by atoms with Crippen molar-refractivity contribution in [2.24, 2.45) is 11.8 Å². The van der Waals surface area contributed by atoms with Crippen molar-refractivity contribution in [1.82, 2.24) is 5.32 Å². The van der Waals surface area contributed by atoms with Crippen molar-refractivity contribution in [3.05, 3.63) is 0 Å². The van der Waals surface area contributed by atoms with Gasteiger partial charge in [0.2, 0.25) is 0 Å². The Bertz CT molecular complexity index is 168. The van der Waals surface area contributed by atoms with Crippen LogP contribution in [-0.2, 0) is 0 Å². The Hall–Kier alpha value is -0.0800. The Morgan fingerprint density at radius 3 is 2.71 bits per heavy atom. The molecule has 84 valence electrons. The summed E-state index contributed by atoms with van der Waals surface area (Å²) in [4.78, 5) is 0. The van der Waals surface area contributed by atoms with Gasteiger partial charge in [0.25, 0.3) is 0 Å². The second-order valence-corrected chi connectivity index (χ2v) is 5.18. The van der Waals surface area contributed by atoms with E-state index in [0.29, 0.717) is 5.92 Å². The van der Waals surface area contributed by atoms with E-state index in [9.17, 15) is 5.11 Å². The lowest BCUT2D eigenvalue weighted by Gasteiger charge is -2.38. The van der Waals surface area contributed by atoms with Crippen molar-refractivity contribution in [3.8, 4) is 0 Å². The summed E-state index contributed by atoms with van der Waals surface area (Å²) in [5.74, 6) is 1.31. The van der Waals surface area contributed by atoms with Gasteiger partial charge in [0, 0.05) is 0 Å². The predicted octanol–water partition coefficient (Wildman–Crippen LogP) is 2.17. The van der Waals surface area contributed by atoms with E-state index >= 15 is 0 Å². The molecule has 0 saturated heterocycles. The summed E-state index contributed by atoms with van der Waals surface area (Å²) in [6, 6.07) is 0. The fourth-order valence-electron chi connectivity index (χ4n) is 2.58. The van der Waals surface area contributed by atoms with Gasteiger partial charge in [-0.15, -0.1) is 0 Å². The first-order chi connectivity index (χ1) is 6.56. The van der Waals surface area contributed by atoms with E-state index in [1.165, 1.54) is 25.7 Å². The minimum atomic E-state index is -0.461. The molecule has 0 spiro atoms. The molecule has 3 atom stereocenters. The van der Waals surface area contributed by atoms with Crippen molar-refractivity contribution in [2.75, 3.05) is 13.6 Å². The average molecular weight is 199 g/mol. The molecule has 0 aromatic carbocycles. The number of rotatable bonds is 4. The summed E-state index contributed by atoms with van der Waals surface area (Å²) in [7, 11) is 1.94. The zero-order valence-corrected chi connectivity index (χ0v) is 9.84. The van der Waals surface area contributed by atoms with Gasteiger partial charge in [-0.05, 0) is 51.6 Å². The van der Waals surface area contributed by atoms with E-state index in [0.717, 1.165) is 18.9 Å². The highest BCUT2D eigenvalue weighted by Gasteiger charge is 2.33. The number of hydrogen-bond donors (Lipinski definition) is 2. The zero-order valence-electron chi connectivity index (χ0n) is 9.84. The number of nitrogens with one attached hydrogen (secondary N) is 1. The fraction of sp³-hybridized carbons (Fsp3) is 1.00. The minimum Gasteiger partial charge on any atom is -0.390 e. The monoisotopic (exact) mass is 199 g/mol. The topological polar surface area (TPSA) is 32.3 Å². The lowest BCUT2D eigenvalue weighted by Crippen LogP contribution is -2.39. The molecule has 2 heteroatoms. The van der Waals surface area contributed by atoms with Gasteiger partial charge in [0.05, 0.1) is 5.60 Å². The van der Waals surface area contributed by atoms with Gasteiger partial charge < -0.3 is 10.4 Å². The van der Waals surface area contributed by atoms with Crippen molar-refractivity contribution in [1.29, 1.82) is 0 Å². The molecule has 0 aliphatic heterocycles. The molecule has 3 unspecified atom stereocenters. The Morgan fingerprint density at radius 2 is 2.14 bits per heavy atom. The lowest BCUT2D eigenvalue weighted by molar-refractivity contribution is -0.0301. The van der Waals surface area contributed by atoms with Crippen LogP contribution in [0.15, 0.2) is 0 Å². The summed E-state index contributed by atoms with van der Waals surface area (Å²) < 4.78 is 0. The number of hydrogen-bond acceptors (Lipinski definition) is 2. The average Bonchev–Trinajstić information content (AvgIpc) is 2.15. The third-order valence-corrected chi connectivity index (χ3v) is 3.70. The van der Waals surface area contributed by atoms with Crippen molar-refractivity contribution >= 4 is 0 Å². The molecular formula is C12H25NO. The first-order valence-electron chi connectivity index (χ1n) is 5.93. The largest absolute Gasteiger partial charge is 0.390 e. The molecule has 0 aromatic heterocycles. The summed E-state index contributed by atoms with van der Waals surface area (Å²) in [6.45, 7) is 5.23. The Morgan fingerprint density at radius 1 is 1.43 bits per heavy atom. The molecule has 0 aromatic rings. The van der Waals surface area contributed by atoms with Gasteiger partial charge in [-0.25, -0.2) is 0 Å². The van der Waals surface area contributed by atoms with Crippen LogP contribution in [-0.4, -0.2) is 24.3 Å². The first-order valence-corrected chi connectivity index (χ1v) is 5.93. The highest BCUT2D eigenvalue weighted by atomic mass is 16.3. The zero-order chi connectivity index (χ0) is 10.6. The highest BCUT2D eigenvalue weighted by molar-refractivity contribution is 4.86. The predicted molar refractivity (Wildman–Crippen MR) is 60.3 cm³/mol. The summed E-state index contributed by atoms with van der Waals surface area (Å²) in [5.41, 5.74) is -0.461. The van der Waals surface area contributed by atoms with E-state index in [2.05, 4.69) is 12.2 Å². The van der Waals surface area contributed by atoms with Crippen LogP contribution in [0.25, 0.3) is 0 Å². The van der Waals surface area contributed by atoms with Gasteiger partial charge in [0.15, 0.2) is 0 Å². The van der Waals surface area contributed by atoms with Gasteiger partial charge in [-0.2, -0.15) is 0 Å². The van der Waals surface area contributed by atoms with Crippen LogP contribution >= 0.6 is 0 Å². The summed E-state index contributed by atoms with van der Waals surface area (Å²) in [5, 5.41) is 13.5. The molecule has 14 heavy (non-hydrogen) atoms. The third kappa shape index (κ3) is 3.25. The molecular weight excluding hydrogens is 174 g/mol. The molecule has 0 amide bonds. The minimum absolute atomic E-state index is 0.461. The normalized spacial score (nSPS) is 32.6. The Kier molecular flexibility index (Phi) is 4.39. The van der Waals surface area contributed by atoms with Gasteiger partial charge in [0.1, 0.15) is 0 Å². The van der Waals surface area contributed by atoms with Crippen LogP contribution in [0.3, 0.4) is 0 Å². The maximum atomic E-state index is 10.3. The quantitative estimate of drug-likeness (QED) is 0.727. The van der Waals surface area contributed by atoms with Gasteiger partial charge in [-0.3, -0.25) is 0 Å².